The first-order chi connectivity index (χ1) is 9.65. The van der Waals surface area contributed by atoms with E-state index < -0.39 is 0 Å². The van der Waals surface area contributed by atoms with Crippen LogP contribution < -0.4 is 0 Å². The Morgan fingerprint density at radius 2 is 2.30 bits per heavy atom. The second kappa shape index (κ2) is 5.79. The lowest BCUT2D eigenvalue weighted by molar-refractivity contribution is -0.385. The van der Waals surface area contributed by atoms with Gasteiger partial charge in [-0.1, -0.05) is 6.07 Å². The lowest BCUT2D eigenvalue weighted by Gasteiger charge is -2.37. The molecule has 0 amide bonds. The van der Waals surface area contributed by atoms with Crippen molar-refractivity contribution in [2.45, 2.75) is 38.0 Å². The fourth-order valence-electron chi connectivity index (χ4n) is 3.23. The first-order valence-electron chi connectivity index (χ1n) is 6.93. The van der Waals surface area contributed by atoms with Gasteiger partial charge in [-0.3, -0.25) is 15.0 Å². The van der Waals surface area contributed by atoms with Gasteiger partial charge in [-0.2, -0.15) is 0 Å². The van der Waals surface area contributed by atoms with E-state index >= 15 is 0 Å². The summed E-state index contributed by atoms with van der Waals surface area (Å²) in [6.45, 7) is 2.43. The zero-order chi connectivity index (χ0) is 14.1. The normalized spacial score (nSPS) is 26.4. The largest absolute Gasteiger partial charge is 0.375 e. The molecule has 1 saturated carbocycles. The smallest absolute Gasteiger partial charge is 0.283 e. The van der Waals surface area contributed by atoms with Crippen LogP contribution in [0.1, 0.15) is 24.8 Å². The van der Waals surface area contributed by atoms with Gasteiger partial charge in [0.1, 0.15) is 0 Å². The predicted octanol–water partition coefficient (Wildman–Crippen LogP) is 3.11. The zero-order valence-corrected chi connectivity index (χ0v) is 12.7. The van der Waals surface area contributed by atoms with Crippen molar-refractivity contribution in [2.75, 3.05) is 13.2 Å². The van der Waals surface area contributed by atoms with Gasteiger partial charge in [0.25, 0.3) is 5.69 Å². The molecule has 0 radical (unpaired) electrons. The number of morpholine rings is 1. The van der Waals surface area contributed by atoms with Crippen molar-refractivity contribution in [1.82, 2.24) is 4.90 Å². The molecule has 1 aromatic rings. The lowest BCUT2D eigenvalue weighted by Crippen LogP contribution is -2.47. The van der Waals surface area contributed by atoms with Crippen LogP contribution in [0.2, 0.25) is 0 Å². The number of fused-ring (bicyclic) bond motifs is 1. The maximum absolute atomic E-state index is 11.0. The Kier molecular flexibility index (Phi) is 4.05. The summed E-state index contributed by atoms with van der Waals surface area (Å²) in [5, 5.41) is 11.0. The summed E-state index contributed by atoms with van der Waals surface area (Å²) >= 11 is 3.23. The van der Waals surface area contributed by atoms with Crippen molar-refractivity contribution < 1.29 is 9.66 Å². The highest BCUT2D eigenvalue weighted by Gasteiger charge is 2.35. The van der Waals surface area contributed by atoms with Crippen molar-refractivity contribution in [3.05, 3.63) is 38.3 Å². The number of benzene rings is 1. The Bertz CT molecular complexity index is 523. The highest BCUT2D eigenvalue weighted by atomic mass is 79.9. The van der Waals surface area contributed by atoms with E-state index in [1.807, 2.05) is 6.07 Å². The number of nitrogens with zero attached hydrogens (tertiary/aromatic N) is 2. The molecule has 2 unspecified atom stereocenters. The summed E-state index contributed by atoms with van der Waals surface area (Å²) < 4.78 is 6.33. The molecule has 1 saturated heterocycles. The minimum Gasteiger partial charge on any atom is -0.375 e. The standard InChI is InChI=1S/C14H17BrN2O3/c15-11-5-4-10(8-13(11)17(18)19)9-16-6-7-20-14-3-1-2-12(14)16/h4-5,8,12,14H,1-3,6-7,9H2. The van der Waals surface area contributed by atoms with Crippen LogP contribution in [0.25, 0.3) is 0 Å². The van der Waals surface area contributed by atoms with Crippen molar-refractivity contribution in [1.29, 1.82) is 0 Å². The molecule has 2 aliphatic rings. The lowest BCUT2D eigenvalue weighted by atomic mass is 10.1. The molecule has 0 N–H and O–H groups in total. The maximum atomic E-state index is 11.0. The summed E-state index contributed by atoms with van der Waals surface area (Å²) in [4.78, 5) is 13.1. The molecular weight excluding hydrogens is 324 g/mol. The van der Waals surface area contributed by atoms with Crippen LogP contribution in [0.3, 0.4) is 0 Å². The van der Waals surface area contributed by atoms with Crippen molar-refractivity contribution in [2.24, 2.45) is 0 Å². The molecule has 1 aliphatic heterocycles. The maximum Gasteiger partial charge on any atom is 0.283 e. The molecule has 20 heavy (non-hydrogen) atoms. The molecule has 3 rings (SSSR count). The minimum atomic E-state index is -0.342. The van der Waals surface area contributed by atoms with Crippen molar-refractivity contribution >= 4 is 21.6 Å². The third kappa shape index (κ3) is 2.73. The van der Waals surface area contributed by atoms with Crippen molar-refractivity contribution in [3.63, 3.8) is 0 Å². The number of nitro groups is 1. The number of halogens is 1. The third-order valence-corrected chi connectivity index (χ3v) is 4.86. The Morgan fingerprint density at radius 1 is 1.45 bits per heavy atom. The molecular formula is C14H17BrN2O3. The van der Waals surface area contributed by atoms with Crippen LogP contribution in [0, 0.1) is 10.1 Å². The Labute approximate surface area is 126 Å². The quantitative estimate of drug-likeness (QED) is 0.626. The van der Waals surface area contributed by atoms with Gasteiger partial charge < -0.3 is 4.74 Å². The van der Waals surface area contributed by atoms with Crippen molar-refractivity contribution in [3.8, 4) is 0 Å². The van der Waals surface area contributed by atoms with Crippen LogP contribution >= 0.6 is 15.9 Å². The molecule has 5 nitrogen and oxygen atoms in total. The Balaban J connectivity index is 1.77. The van der Waals surface area contributed by atoms with E-state index in [4.69, 9.17) is 4.74 Å². The average molecular weight is 341 g/mol. The number of rotatable bonds is 3. The van der Waals surface area contributed by atoms with Gasteiger partial charge >= 0.3 is 0 Å². The van der Waals surface area contributed by atoms with Gasteiger partial charge in [0.2, 0.25) is 0 Å². The topological polar surface area (TPSA) is 55.6 Å². The summed E-state index contributed by atoms with van der Waals surface area (Å²) in [5.41, 5.74) is 1.13. The summed E-state index contributed by atoms with van der Waals surface area (Å²) in [6.07, 6.45) is 3.88. The minimum absolute atomic E-state index is 0.138. The van der Waals surface area contributed by atoms with Crippen LogP contribution in [-0.4, -0.2) is 35.1 Å². The monoisotopic (exact) mass is 340 g/mol. The van der Waals surface area contributed by atoms with Gasteiger partial charge in [-0.25, -0.2) is 0 Å². The molecule has 2 fully saturated rings. The van der Waals surface area contributed by atoms with Gasteiger partial charge in [-0.05, 0) is 46.8 Å². The first kappa shape index (κ1) is 14.0. The van der Waals surface area contributed by atoms with Crippen LogP contribution in [0.15, 0.2) is 22.7 Å². The van der Waals surface area contributed by atoms with E-state index in [9.17, 15) is 10.1 Å². The fourth-order valence-corrected chi connectivity index (χ4v) is 3.62. The Morgan fingerprint density at radius 3 is 3.10 bits per heavy atom. The van der Waals surface area contributed by atoms with E-state index in [1.165, 1.54) is 12.8 Å². The molecule has 1 aromatic carbocycles. The summed E-state index contributed by atoms with van der Waals surface area (Å²) in [7, 11) is 0. The van der Waals surface area contributed by atoms with Crippen LogP contribution in [-0.2, 0) is 11.3 Å². The SMILES string of the molecule is O=[N+]([O-])c1cc(CN2CCOC3CCCC32)ccc1Br. The highest BCUT2D eigenvalue weighted by Crippen LogP contribution is 2.32. The molecule has 0 spiro atoms. The van der Waals surface area contributed by atoms with Gasteiger partial charge in [0.15, 0.2) is 0 Å². The summed E-state index contributed by atoms with van der Waals surface area (Å²) in [6, 6.07) is 5.87. The molecule has 1 heterocycles. The molecule has 2 atom stereocenters. The molecule has 0 aromatic heterocycles. The Hall–Kier alpha value is -0.980. The highest BCUT2D eigenvalue weighted by molar-refractivity contribution is 9.10. The number of ether oxygens (including phenoxy) is 1. The van der Waals surface area contributed by atoms with E-state index in [2.05, 4.69) is 20.8 Å². The van der Waals surface area contributed by atoms with Gasteiger partial charge in [0, 0.05) is 25.2 Å². The van der Waals surface area contributed by atoms with E-state index in [0.29, 0.717) is 16.6 Å². The van der Waals surface area contributed by atoms with Crippen LogP contribution in [0.4, 0.5) is 5.69 Å². The molecule has 6 heteroatoms. The van der Waals surface area contributed by atoms with Gasteiger partial charge in [0.05, 0.1) is 22.1 Å². The molecule has 1 aliphatic carbocycles. The van der Waals surface area contributed by atoms with Gasteiger partial charge in [-0.15, -0.1) is 0 Å². The fraction of sp³-hybridized carbons (Fsp3) is 0.571. The second-order valence-electron chi connectivity index (χ2n) is 5.42. The number of hydrogen-bond donors (Lipinski definition) is 0. The average Bonchev–Trinajstić information content (AvgIpc) is 2.90. The number of nitro benzene ring substituents is 1. The first-order valence-corrected chi connectivity index (χ1v) is 7.73. The zero-order valence-electron chi connectivity index (χ0n) is 11.1. The molecule has 108 valence electrons. The van der Waals surface area contributed by atoms with E-state index in [0.717, 1.165) is 31.7 Å². The predicted molar refractivity (Wildman–Crippen MR) is 78.6 cm³/mol. The summed E-state index contributed by atoms with van der Waals surface area (Å²) in [5.74, 6) is 0. The third-order valence-electron chi connectivity index (χ3n) is 4.19. The van der Waals surface area contributed by atoms with E-state index in [-0.39, 0.29) is 10.6 Å². The molecule has 0 bridgehead atoms. The van der Waals surface area contributed by atoms with E-state index in [1.54, 1.807) is 12.1 Å². The van der Waals surface area contributed by atoms with Crippen LogP contribution in [0.5, 0.6) is 0 Å². The second-order valence-corrected chi connectivity index (χ2v) is 6.28. The number of hydrogen-bond acceptors (Lipinski definition) is 4.